The van der Waals surface area contributed by atoms with Gasteiger partial charge in [-0.25, -0.2) is 4.39 Å². The number of likely N-dealkylation sites (tertiary alicyclic amines) is 1. The first-order valence-corrected chi connectivity index (χ1v) is 10.2. The highest BCUT2D eigenvalue weighted by atomic mass is 32.1. The fourth-order valence-electron chi connectivity index (χ4n) is 3.12. The van der Waals surface area contributed by atoms with Gasteiger partial charge in [-0.15, -0.1) is 10.2 Å². The second kappa shape index (κ2) is 8.34. The molecule has 1 aliphatic rings. The minimum Gasteiger partial charge on any atom is -0.342 e. The van der Waals surface area contributed by atoms with Crippen molar-refractivity contribution in [2.75, 3.05) is 18.4 Å². The van der Waals surface area contributed by atoms with Gasteiger partial charge in [-0.1, -0.05) is 44.2 Å². The van der Waals surface area contributed by atoms with E-state index in [2.05, 4.69) is 36.3 Å². The van der Waals surface area contributed by atoms with Crippen molar-refractivity contribution in [1.29, 1.82) is 0 Å². The molecular formula is C20H25FN4O2S. The molecule has 150 valence electrons. The van der Waals surface area contributed by atoms with Crippen molar-refractivity contribution in [2.24, 2.45) is 11.3 Å². The summed E-state index contributed by atoms with van der Waals surface area (Å²) in [6.45, 7) is 7.27. The van der Waals surface area contributed by atoms with E-state index in [0.717, 1.165) is 17.0 Å². The highest BCUT2D eigenvalue weighted by Crippen LogP contribution is 2.26. The van der Waals surface area contributed by atoms with Gasteiger partial charge in [0.05, 0.1) is 5.92 Å². The van der Waals surface area contributed by atoms with Crippen molar-refractivity contribution in [3.63, 3.8) is 0 Å². The van der Waals surface area contributed by atoms with Gasteiger partial charge in [-0.3, -0.25) is 9.59 Å². The van der Waals surface area contributed by atoms with Crippen LogP contribution in [0.25, 0.3) is 0 Å². The summed E-state index contributed by atoms with van der Waals surface area (Å²) in [5.41, 5.74) is 1.06. The molecule has 6 nitrogen and oxygen atoms in total. The van der Waals surface area contributed by atoms with E-state index in [0.29, 0.717) is 24.6 Å². The van der Waals surface area contributed by atoms with Crippen LogP contribution in [0.1, 0.15) is 37.8 Å². The van der Waals surface area contributed by atoms with Gasteiger partial charge < -0.3 is 10.2 Å². The van der Waals surface area contributed by atoms with Gasteiger partial charge in [-0.05, 0) is 29.5 Å². The van der Waals surface area contributed by atoms with Crippen LogP contribution < -0.4 is 5.32 Å². The van der Waals surface area contributed by atoms with Gasteiger partial charge in [0.25, 0.3) is 0 Å². The lowest BCUT2D eigenvalue weighted by molar-refractivity contribution is -0.128. The van der Waals surface area contributed by atoms with Crippen molar-refractivity contribution in [1.82, 2.24) is 15.1 Å². The molecule has 2 aromatic rings. The lowest BCUT2D eigenvalue weighted by atomic mass is 9.93. The number of aromatic nitrogens is 2. The summed E-state index contributed by atoms with van der Waals surface area (Å²) in [6.07, 6.45) is 1.62. The van der Waals surface area contributed by atoms with Gasteiger partial charge in [-0.2, -0.15) is 0 Å². The maximum atomic E-state index is 13.0. The summed E-state index contributed by atoms with van der Waals surface area (Å²) >= 11 is 1.37. The third-order valence-corrected chi connectivity index (χ3v) is 5.39. The molecule has 28 heavy (non-hydrogen) atoms. The van der Waals surface area contributed by atoms with E-state index in [1.807, 2.05) is 0 Å². The zero-order valence-corrected chi connectivity index (χ0v) is 17.2. The number of carbonyl (C=O) groups excluding carboxylic acids is 2. The van der Waals surface area contributed by atoms with Crippen molar-refractivity contribution < 1.29 is 14.0 Å². The van der Waals surface area contributed by atoms with E-state index in [-0.39, 0.29) is 29.5 Å². The van der Waals surface area contributed by atoms with Gasteiger partial charge >= 0.3 is 0 Å². The lowest BCUT2D eigenvalue weighted by Gasteiger charge is -2.16. The second-order valence-electron chi connectivity index (χ2n) is 8.34. The van der Waals surface area contributed by atoms with Crippen LogP contribution in [0.4, 0.5) is 9.52 Å². The molecule has 1 saturated heterocycles. The third kappa shape index (κ3) is 5.58. The number of rotatable bonds is 6. The molecule has 2 amide bonds. The number of hydrogen-bond donors (Lipinski definition) is 1. The number of nitrogens with one attached hydrogen (secondary N) is 1. The summed E-state index contributed by atoms with van der Waals surface area (Å²) < 4.78 is 13.0. The highest BCUT2D eigenvalue weighted by Gasteiger charge is 2.34. The summed E-state index contributed by atoms with van der Waals surface area (Å²) in [5.74, 6) is -0.903. The van der Waals surface area contributed by atoms with Gasteiger partial charge in [0.2, 0.25) is 16.9 Å². The number of nitrogens with zero attached hydrogens (tertiary/aromatic N) is 3. The van der Waals surface area contributed by atoms with Crippen LogP contribution in [-0.2, 0) is 22.4 Å². The van der Waals surface area contributed by atoms with Crippen LogP contribution >= 0.6 is 11.3 Å². The fourth-order valence-corrected chi connectivity index (χ4v) is 4.16. The zero-order chi connectivity index (χ0) is 20.3. The summed E-state index contributed by atoms with van der Waals surface area (Å²) in [6, 6.07) is 6.25. The first kappa shape index (κ1) is 20.4. The minimum absolute atomic E-state index is 0.0343. The number of hydrogen-bond acceptors (Lipinski definition) is 5. The third-order valence-electron chi connectivity index (χ3n) is 4.55. The standard InChI is InChI=1S/C20H25FN4O2S/c1-20(2,3)11-16-23-24-19(28-16)22-18(27)14-10-17(26)25(12-14)9-8-13-4-6-15(21)7-5-13/h4-7,14H,8-12H2,1-3H3,(H,22,24,27)/t14-/m1/s1. The van der Waals surface area contributed by atoms with Crippen LogP contribution in [0.5, 0.6) is 0 Å². The molecule has 3 rings (SSSR count). The van der Waals surface area contributed by atoms with Crippen molar-refractivity contribution in [2.45, 2.75) is 40.0 Å². The fraction of sp³-hybridized carbons (Fsp3) is 0.500. The predicted octanol–water partition coefficient (Wildman–Crippen LogP) is 3.30. The topological polar surface area (TPSA) is 75.2 Å². The van der Waals surface area contributed by atoms with Gasteiger partial charge in [0, 0.05) is 25.9 Å². The number of amides is 2. The average Bonchev–Trinajstić information content (AvgIpc) is 3.19. The Kier molecular flexibility index (Phi) is 6.07. The molecule has 0 saturated carbocycles. The molecule has 2 heterocycles. The number of carbonyl (C=O) groups is 2. The molecule has 1 fully saturated rings. The Labute approximate surface area is 168 Å². The molecule has 1 N–H and O–H groups in total. The largest absolute Gasteiger partial charge is 0.342 e. The second-order valence-corrected chi connectivity index (χ2v) is 9.41. The smallest absolute Gasteiger partial charge is 0.231 e. The normalized spacial score (nSPS) is 17.2. The van der Waals surface area contributed by atoms with Crippen molar-refractivity contribution in [3.05, 3.63) is 40.7 Å². The number of benzene rings is 1. The monoisotopic (exact) mass is 404 g/mol. The SMILES string of the molecule is CC(C)(C)Cc1nnc(NC(=O)[C@@H]2CC(=O)N(CCc3ccc(F)cc3)C2)s1. The van der Waals surface area contributed by atoms with E-state index in [1.165, 1.54) is 23.5 Å². The van der Waals surface area contributed by atoms with Crippen LogP contribution in [-0.4, -0.2) is 40.0 Å². The number of anilines is 1. The van der Waals surface area contributed by atoms with Gasteiger partial charge in [0.1, 0.15) is 10.8 Å². The van der Waals surface area contributed by atoms with Crippen LogP contribution in [0.15, 0.2) is 24.3 Å². The molecule has 0 aliphatic carbocycles. The van der Waals surface area contributed by atoms with E-state index in [4.69, 9.17) is 0 Å². The summed E-state index contributed by atoms with van der Waals surface area (Å²) in [5, 5.41) is 12.3. The molecule has 1 aromatic carbocycles. The van der Waals surface area contributed by atoms with Crippen LogP contribution in [0, 0.1) is 17.2 Å². The first-order chi connectivity index (χ1) is 13.2. The summed E-state index contributed by atoms with van der Waals surface area (Å²) in [4.78, 5) is 26.5. The maximum absolute atomic E-state index is 13.0. The van der Waals surface area contributed by atoms with E-state index < -0.39 is 5.92 Å². The maximum Gasteiger partial charge on any atom is 0.231 e. The van der Waals surface area contributed by atoms with E-state index >= 15 is 0 Å². The van der Waals surface area contributed by atoms with Crippen molar-refractivity contribution >= 4 is 28.3 Å². The molecule has 1 aromatic heterocycles. The first-order valence-electron chi connectivity index (χ1n) is 9.35. The number of halogens is 1. The van der Waals surface area contributed by atoms with E-state index in [1.54, 1.807) is 17.0 Å². The minimum atomic E-state index is -0.393. The molecular weight excluding hydrogens is 379 g/mol. The Bertz CT molecular complexity index is 845. The zero-order valence-electron chi connectivity index (χ0n) is 16.4. The molecule has 0 radical (unpaired) electrons. The molecule has 0 bridgehead atoms. The Morgan fingerprint density at radius 2 is 2.00 bits per heavy atom. The average molecular weight is 405 g/mol. The highest BCUT2D eigenvalue weighted by molar-refractivity contribution is 7.15. The van der Waals surface area contributed by atoms with E-state index in [9.17, 15) is 14.0 Å². The van der Waals surface area contributed by atoms with Crippen LogP contribution in [0.2, 0.25) is 0 Å². The Balaban J connectivity index is 1.51. The van der Waals surface area contributed by atoms with Gasteiger partial charge in [0.15, 0.2) is 0 Å². The van der Waals surface area contributed by atoms with Crippen LogP contribution in [0.3, 0.4) is 0 Å². The Morgan fingerprint density at radius 1 is 1.29 bits per heavy atom. The predicted molar refractivity (Wildman–Crippen MR) is 106 cm³/mol. The lowest BCUT2D eigenvalue weighted by Crippen LogP contribution is -2.30. The molecule has 0 spiro atoms. The molecule has 0 unspecified atom stereocenters. The molecule has 1 atom stereocenters. The molecule has 8 heteroatoms. The Hall–Kier alpha value is -2.35. The van der Waals surface area contributed by atoms with Crippen molar-refractivity contribution in [3.8, 4) is 0 Å². The summed E-state index contributed by atoms with van der Waals surface area (Å²) in [7, 11) is 0. The Morgan fingerprint density at radius 3 is 2.68 bits per heavy atom. The quantitative estimate of drug-likeness (QED) is 0.802. The molecule has 1 aliphatic heterocycles.